The summed E-state index contributed by atoms with van der Waals surface area (Å²) in [6.07, 6.45) is 5.69. The van der Waals surface area contributed by atoms with E-state index in [1.54, 1.807) is 0 Å². The highest BCUT2D eigenvalue weighted by Gasteiger charge is 2.31. The molecule has 1 aromatic carbocycles. The van der Waals surface area contributed by atoms with Gasteiger partial charge in [-0.1, -0.05) is 23.8 Å². The zero-order valence-corrected chi connectivity index (χ0v) is 18.8. The number of aryl methyl sites for hydroxylation is 1. The van der Waals surface area contributed by atoms with Crippen molar-refractivity contribution in [3.63, 3.8) is 0 Å². The van der Waals surface area contributed by atoms with E-state index in [9.17, 15) is 13.2 Å². The van der Waals surface area contributed by atoms with Gasteiger partial charge < -0.3 is 14.1 Å². The number of rotatable bonds is 5. The van der Waals surface area contributed by atoms with Gasteiger partial charge in [-0.15, -0.1) is 0 Å². The molecule has 0 spiro atoms. The molecule has 8 nitrogen and oxygen atoms in total. The first-order valence-corrected chi connectivity index (χ1v) is 12.6. The minimum absolute atomic E-state index is 0.0775. The summed E-state index contributed by atoms with van der Waals surface area (Å²) in [6, 6.07) is 7.83. The lowest BCUT2D eigenvalue weighted by molar-refractivity contribution is -0.0557. The van der Waals surface area contributed by atoms with Crippen LogP contribution in [0.2, 0.25) is 0 Å². The Morgan fingerprint density at radius 2 is 1.74 bits per heavy atom. The van der Waals surface area contributed by atoms with Gasteiger partial charge in [-0.2, -0.15) is 0 Å². The molecule has 2 saturated heterocycles. The third-order valence-corrected chi connectivity index (χ3v) is 7.34. The number of ether oxygens (including phenoxy) is 1. The van der Waals surface area contributed by atoms with Crippen LogP contribution < -0.4 is 0 Å². The summed E-state index contributed by atoms with van der Waals surface area (Å²) in [5.74, 6) is 0.384. The SMILES string of the molecule is Cc1cccc(-c2ocnc2C(=O)N2CCC(OC3CCN(S(C)(=O)=O)CC3)CC2)c1. The molecule has 0 bridgehead atoms. The molecule has 3 heterocycles. The van der Waals surface area contributed by atoms with Crippen LogP contribution in [0.4, 0.5) is 0 Å². The first-order valence-electron chi connectivity index (χ1n) is 10.7. The zero-order valence-electron chi connectivity index (χ0n) is 18.0. The summed E-state index contributed by atoms with van der Waals surface area (Å²) in [6.45, 7) is 4.22. The van der Waals surface area contributed by atoms with Crippen molar-refractivity contribution < 1.29 is 22.4 Å². The fourth-order valence-corrected chi connectivity index (χ4v) is 5.18. The van der Waals surface area contributed by atoms with Crippen molar-refractivity contribution in [1.82, 2.24) is 14.2 Å². The van der Waals surface area contributed by atoms with Gasteiger partial charge in [0.25, 0.3) is 5.91 Å². The maximum absolute atomic E-state index is 13.1. The third kappa shape index (κ3) is 5.16. The maximum Gasteiger partial charge on any atom is 0.276 e. The minimum atomic E-state index is -3.13. The Balaban J connectivity index is 1.31. The molecule has 4 rings (SSSR count). The zero-order chi connectivity index (χ0) is 22.0. The lowest BCUT2D eigenvalue weighted by Crippen LogP contribution is -2.44. The second-order valence-corrected chi connectivity index (χ2v) is 10.4. The van der Waals surface area contributed by atoms with Gasteiger partial charge in [-0.3, -0.25) is 4.79 Å². The van der Waals surface area contributed by atoms with E-state index in [1.807, 2.05) is 36.1 Å². The standard InChI is InChI=1S/C22H29N3O5S/c1-16-4-3-5-17(14-16)21-20(23-15-29-21)22(26)24-10-6-18(7-11-24)30-19-8-12-25(13-9-19)31(2,27)28/h3-5,14-15,18-19H,6-13H2,1-2H3. The fraction of sp³-hybridized carbons (Fsp3) is 0.545. The molecule has 0 aliphatic carbocycles. The third-order valence-electron chi connectivity index (χ3n) is 6.03. The summed E-state index contributed by atoms with van der Waals surface area (Å²) in [4.78, 5) is 19.1. The molecule has 1 amide bonds. The van der Waals surface area contributed by atoms with E-state index in [0.29, 0.717) is 50.5 Å². The van der Waals surface area contributed by atoms with E-state index in [1.165, 1.54) is 17.0 Å². The monoisotopic (exact) mass is 447 g/mol. The predicted octanol–water partition coefficient (Wildman–Crippen LogP) is 2.70. The number of carbonyl (C=O) groups excluding carboxylic acids is 1. The molecular formula is C22H29N3O5S. The molecule has 1 aromatic heterocycles. The predicted molar refractivity (Wildman–Crippen MR) is 116 cm³/mol. The number of benzene rings is 1. The molecule has 9 heteroatoms. The van der Waals surface area contributed by atoms with Gasteiger partial charge in [0.05, 0.1) is 18.5 Å². The van der Waals surface area contributed by atoms with Crippen molar-refractivity contribution >= 4 is 15.9 Å². The van der Waals surface area contributed by atoms with Crippen LogP contribution in [0.15, 0.2) is 35.1 Å². The summed E-state index contributed by atoms with van der Waals surface area (Å²) < 4.78 is 36.6. The largest absolute Gasteiger partial charge is 0.443 e. The van der Waals surface area contributed by atoms with E-state index in [-0.39, 0.29) is 18.1 Å². The fourth-order valence-electron chi connectivity index (χ4n) is 4.31. The number of hydrogen-bond acceptors (Lipinski definition) is 6. The number of sulfonamides is 1. The van der Waals surface area contributed by atoms with Gasteiger partial charge in [0.2, 0.25) is 10.0 Å². The van der Waals surface area contributed by atoms with Gasteiger partial charge >= 0.3 is 0 Å². The van der Waals surface area contributed by atoms with Crippen molar-refractivity contribution in [2.24, 2.45) is 0 Å². The Hall–Kier alpha value is -2.23. The normalized spacial score (nSPS) is 19.6. The molecule has 2 fully saturated rings. The lowest BCUT2D eigenvalue weighted by Gasteiger charge is -2.36. The number of carbonyl (C=O) groups is 1. The molecule has 0 atom stereocenters. The van der Waals surface area contributed by atoms with Crippen molar-refractivity contribution in [2.75, 3.05) is 32.4 Å². The van der Waals surface area contributed by atoms with Gasteiger partial charge in [-0.25, -0.2) is 17.7 Å². The van der Waals surface area contributed by atoms with Crippen LogP contribution in [-0.2, 0) is 14.8 Å². The smallest absolute Gasteiger partial charge is 0.276 e. The number of likely N-dealkylation sites (tertiary alicyclic amines) is 1. The van der Waals surface area contributed by atoms with E-state index < -0.39 is 10.0 Å². The van der Waals surface area contributed by atoms with Gasteiger partial charge in [-0.05, 0) is 38.7 Å². The van der Waals surface area contributed by atoms with Crippen LogP contribution in [0.1, 0.15) is 41.7 Å². The molecule has 2 aliphatic heterocycles. The summed E-state index contributed by atoms with van der Waals surface area (Å²) in [7, 11) is -3.13. The molecule has 2 aliphatic rings. The Morgan fingerprint density at radius 3 is 2.35 bits per heavy atom. The highest BCUT2D eigenvalue weighted by atomic mass is 32.2. The Bertz CT molecular complexity index is 1020. The van der Waals surface area contributed by atoms with Crippen molar-refractivity contribution in [3.8, 4) is 11.3 Å². The topological polar surface area (TPSA) is 93.0 Å². The van der Waals surface area contributed by atoms with E-state index in [4.69, 9.17) is 9.15 Å². The highest BCUT2D eigenvalue weighted by molar-refractivity contribution is 7.88. The number of piperidine rings is 2. The molecular weight excluding hydrogens is 418 g/mol. The Labute approximate surface area is 183 Å². The molecule has 0 N–H and O–H groups in total. The molecule has 0 unspecified atom stereocenters. The number of hydrogen-bond donors (Lipinski definition) is 0. The lowest BCUT2D eigenvalue weighted by atomic mass is 10.0. The van der Waals surface area contributed by atoms with Crippen LogP contribution in [0.3, 0.4) is 0 Å². The number of aromatic nitrogens is 1. The van der Waals surface area contributed by atoms with E-state index in [0.717, 1.165) is 24.0 Å². The van der Waals surface area contributed by atoms with Crippen molar-refractivity contribution in [1.29, 1.82) is 0 Å². The summed E-state index contributed by atoms with van der Waals surface area (Å²) >= 11 is 0. The second-order valence-electron chi connectivity index (χ2n) is 8.39. The van der Waals surface area contributed by atoms with Gasteiger partial charge in [0.1, 0.15) is 0 Å². The van der Waals surface area contributed by atoms with Gasteiger partial charge in [0, 0.05) is 31.7 Å². The van der Waals surface area contributed by atoms with Crippen LogP contribution in [0.25, 0.3) is 11.3 Å². The molecule has 0 saturated carbocycles. The molecule has 31 heavy (non-hydrogen) atoms. The van der Waals surface area contributed by atoms with Crippen molar-refractivity contribution in [3.05, 3.63) is 41.9 Å². The minimum Gasteiger partial charge on any atom is -0.443 e. The van der Waals surface area contributed by atoms with Crippen LogP contribution in [0, 0.1) is 6.92 Å². The van der Waals surface area contributed by atoms with Gasteiger partial charge in [0.15, 0.2) is 17.8 Å². The average molecular weight is 448 g/mol. The molecule has 0 radical (unpaired) electrons. The summed E-state index contributed by atoms with van der Waals surface area (Å²) in [5, 5.41) is 0. The Morgan fingerprint density at radius 1 is 1.10 bits per heavy atom. The second kappa shape index (κ2) is 9.10. The average Bonchev–Trinajstić information content (AvgIpc) is 3.23. The van der Waals surface area contributed by atoms with Crippen LogP contribution in [0.5, 0.6) is 0 Å². The number of amides is 1. The van der Waals surface area contributed by atoms with Crippen LogP contribution >= 0.6 is 0 Å². The maximum atomic E-state index is 13.1. The summed E-state index contributed by atoms with van der Waals surface area (Å²) in [5.41, 5.74) is 2.28. The highest BCUT2D eigenvalue weighted by Crippen LogP contribution is 2.27. The first kappa shape index (κ1) is 22.0. The van der Waals surface area contributed by atoms with E-state index in [2.05, 4.69) is 4.98 Å². The van der Waals surface area contributed by atoms with E-state index >= 15 is 0 Å². The quantitative estimate of drug-likeness (QED) is 0.700. The van der Waals surface area contributed by atoms with Crippen molar-refractivity contribution in [2.45, 2.75) is 44.8 Å². The molecule has 168 valence electrons. The molecule has 2 aromatic rings. The van der Waals surface area contributed by atoms with Crippen LogP contribution in [-0.4, -0.2) is 73.2 Å². The first-order chi connectivity index (χ1) is 14.8. The number of oxazole rings is 1. The Kier molecular flexibility index (Phi) is 6.45. The number of nitrogens with zero attached hydrogens (tertiary/aromatic N) is 3.